The van der Waals surface area contributed by atoms with E-state index < -0.39 is 66.0 Å². The molecule has 0 aromatic heterocycles. The summed E-state index contributed by atoms with van der Waals surface area (Å²) in [6.07, 6.45) is -2.16. The third-order valence-corrected chi connectivity index (χ3v) is 37.5. The van der Waals surface area contributed by atoms with Gasteiger partial charge in [-0.05, 0) is 87.9 Å². The van der Waals surface area contributed by atoms with E-state index >= 15 is 0 Å². The number of benzene rings is 2. The van der Waals surface area contributed by atoms with Gasteiger partial charge in [0.2, 0.25) is 0 Å². The summed E-state index contributed by atoms with van der Waals surface area (Å²) in [5, 5.41) is 1.97. The second-order valence-electron chi connectivity index (χ2n) is 24.3. The van der Waals surface area contributed by atoms with Gasteiger partial charge in [0.1, 0.15) is 19.0 Å². The highest BCUT2D eigenvalue weighted by Gasteiger charge is 2.54. The van der Waals surface area contributed by atoms with E-state index in [-0.39, 0.29) is 32.0 Å². The first-order chi connectivity index (χ1) is 26.9. The summed E-state index contributed by atoms with van der Waals surface area (Å²) in [6, 6.07) is 21.7. The van der Waals surface area contributed by atoms with Crippen LogP contribution in [0.15, 0.2) is 60.7 Å². The lowest BCUT2D eigenvalue weighted by molar-refractivity contribution is -0.171. The summed E-state index contributed by atoms with van der Waals surface area (Å²) >= 11 is 0. The second-order valence-corrected chi connectivity index (χ2v) is 47.6. The fourth-order valence-electron chi connectivity index (χ4n) is 6.41. The van der Waals surface area contributed by atoms with Gasteiger partial charge in [0.05, 0.1) is 25.4 Å². The van der Waals surface area contributed by atoms with Crippen molar-refractivity contribution in [3.63, 3.8) is 0 Å². The summed E-state index contributed by atoms with van der Waals surface area (Å²) in [7, 11) is -11.0. The average molecular weight is 922 g/mol. The standard InChI is InChI=1S/C48H92O7Si5/c1-44(2,3)56(17,18)51-35-41(54-58(21,22)46(7,8)9)43(55-59(23,24)47(10,11)12)42(50-37-49-16)40(53-57(19,20)45(4,5)6)36-52-60(48(13,14)15,38-31-27-25-28-32-38)39-33-29-26-30-34-39/h25-34,40-43H,35-37H2,1-24H3/t40-,41-,42-,43+/m1/s1. The van der Waals surface area contributed by atoms with Crippen molar-refractivity contribution in [2.45, 2.75) is 206 Å². The van der Waals surface area contributed by atoms with E-state index in [1.165, 1.54) is 10.4 Å². The molecule has 2 aromatic carbocycles. The number of ether oxygens (including phenoxy) is 2. The molecule has 0 aliphatic heterocycles. The molecular formula is C48H92O7Si5. The molecule has 0 bridgehead atoms. The van der Waals surface area contributed by atoms with E-state index in [2.05, 4.69) is 217 Å². The van der Waals surface area contributed by atoms with Crippen LogP contribution in [-0.2, 0) is 31.6 Å². The highest BCUT2D eigenvalue weighted by Crippen LogP contribution is 2.45. The molecule has 7 nitrogen and oxygen atoms in total. The SMILES string of the molecule is COCO[C@@H]([C@@H](O[Si](C)(C)C(C)(C)C)[C@@H](CO[Si](C)(C)C(C)(C)C)O[Si](C)(C)C(C)(C)C)[C@@H](CO[Si](c1ccccc1)(c1ccccc1)C(C)(C)C)O[Si](C)(C)C(C)(C)C. The van der Waals surface area contributed by atoms with Gasteiger partial charge in [0.15, 0.2) is 33.3 Å². The molecule has 0 saturated heterocycles. The van der Waals surface area contributed by atoms with Gasteiger partial charge >= 0.3 is 0 Å². The summed E-state index contributed by atoms with van der Waals surface area (Å²) in [5.41, 5.74) is 0. The van der Waals surface area contributed by atoms with Crippen molar-refractivity contribution in [1.29, 1.82) is 0 Å². The summed E-state index contributed by atoms with van der Waals surface area (Å²) in [6.45, 7) is 53.9. The topological polar surface area (TPSA) is 64.6 Å². The van der Waals surface area contributed by atoms with Gasteiger partial charge in [-0.1, -0.05) is 165 Å². The van der Waals surface area contributed by atoms with Crippen molar-refractivity contribution in [1.82, 2.24) is 0 Å². The van der Waals surface area contributed by atoms with Crippen LogP contribution in [0.2, 0.25) is 77.6 Å². The molecule has 2 rings (SSSR count). The minimum absolute atomic E-state index is 0.00781. The van der Waals surface area contributed by atoms with E-state index in [4.69, 9.17) is 31.6 Å². The molecule has 0 aliphatic rings. The van der Waals surface area contributed by atoms with Crippen LogP contribution in [0.4, 0.5) is 0 Å². The third-order valence-electron chi connectivity index (χ3n) is 14.5. The molecule has 0 radical (unpaired) electrons. The second kappa shape index (κ2) is 20.2. The van der Waals surface area contributed by atoms with Crippen molar-refractivity contribution in [2.24, 2.45) is 0 Å². The quantitative estimate of drug-likeness (QED) is 0.0968. The highest BCUT2D eigenvalue weighted by atomic mass is 28.4. The molecule has 12 heteroatoms. The van der Waals surface area contributed by atoms with Gasteiger partial charge in [0, 0.05) is 7.11 Å². The Morgan fingerprint density at radius 3 is 1.08 bits per heavy atom. The maximum atomic E-state index is 7.80. The highest BCUT2D eigenvalue weighted by molar-refractivity contribution is 6.99. The number of methoxy groups -OCH3 is 1. The monoisotopic (exact) mass is 921 g/mol. The van der Waals surface area contributed by atoms with Crippen LogP contribution in [0.25, 0.3) is 0 Å². The fourth-order valence-corrected chi connectivity index (χ4v) is 15.9. The van der Waals surface area contributed by atoms with Gasteiger partial charge in [-0.15, -0.1) is 0 Å². The summed E-state index contributed by atoms with van der Waals surface area (Å²) in [5.74, 6) is 0. The Morgan fingerprint density at radius 1 is 0.417 bits per heavy atom. The molecule has 0 N–H and O–H groups in total. The zero-order chi connectivity index (χ0) is 46.6. The van der Waals surface area contributed by atoms with Crippen molar-refractivity contribution in [2.75, 3.05) is 27.1 Å². The van der Waals surface area contributed by atoms with E-state index in [9.17, 15) is 0 Å². The number of hydrogen-bond acceptors (Lipinski definition) is 7. The smallest absolute Gasteiger partial charge is 0.261 e. The average Bonchev–Trinajstić information content (AvgIpc) is 3.08. The lowest BCUT2D eigenvalue weighted by Gasteiger charge is -2.50. The minimum atomic E-state index is -3.00. The van der Waals surface area contributed by atoms with E-state index in [1.807, 2.05) is 0 Å². The van der Waals surface area contributed by atoms with E-state index in [1.54, 1.807) is 7.11 Å². The van der Waals surface area contributed by atoms with Crippen LogP contribution in [0.1, 0.15) is 104 Å². The number of hydrogen-bond donors (Lipinski definition) is 0. The van der Waals surface area contributed by atoms with Crippen LogP contribution in [0.5, 0.6) is 0 Å². The van der Waals surface area contributed by atoms with Crippen LogP contribution in [-0.4, -0.2) is 93.1 Å². The molecule has 0 saturated carbocycles. The van der Waals surface area contributed by atoms with Gasteiger partial charge in [-0.3, -0.25) is 0 Å². The molecule has 0 unspecified atom stereocenters. The molecule has 0 aliphatic carbocycles. The van der Waals surface area contributed by atoms with Crippen molar-refractivity contribution < 1.29 is 31.6 Å². The predicted molar refractivity (Wildman–Crippen MR) is 270 cm³/mol. The van der Waals surface area contributed by atoms with Crippen LogP contribution < -0.4 is 10.4 Å². The Hall–Kier alpha value is -0.756. The normalized spacial score (nSPS) is 16.7. The molecule has 346 valence electrons. The molecule has 0 spiro atoms. The molecule has 0 heterocycles. The largest absolute Gasteiger partial charge is 0.414 e. The Kier molecular flexibility index (Phi) is 18.6. The first kappa shape index (κ1) is 55.4. The summed E-state index contributed by atoms with van der Waals surface area (Å²) < 4.78 is 50.9. The Balaban J connectivity index is 3.13. The molecule has 0 fully saturated rings. The summed E-state index contributed by atoms with van der Waals surface area (Å²) in [4.78, 5) is 0. The predicted octanol–water partition coefficient (Wildman–Crippen LogP) is 12.7. The molecule has 4 atom stereocenters. The maximum Gasteiger partial charge on any atom is 0.261 e. The maximum absolute atomic E-state index is 7.80. The lowest BCUT2D eigenvalue weighted by Crippen LogP contribution is -2.68. The molecule has 2 aromatic rings. The van der Waals surface area contributed by atoms with Crippen molar-refractivity contribution >= 4 is 52.0 Å². The minimum Gasteiger partial charge on any atom is -0.414 e. The Labute approximate surface area is 375 Å². The van der Waals surface area contributed by atoms with Crippen LogP contribution >= 0.6 is 0 Å². The van der Waals surface area contributed by atoms with Gasteiger partial charge < -0.3 is 31.6 Å². The Bertz CT molecular complexity index is 1540. The van der Waals surface area contributed by atoms with Crippen molar-refractivity contribution in [3.05, 3.63) is 60.7 Å². The zero-order valence-electron chi connectivity index (χ0n) is 43.1. The first-order valence-corrected chi connectivity index (χ1v) is 36.0. The fraction of sp³-hybridized carbons (Fsp3) is 0.750. The molecule has 0 amide bonds. The van der Waals surface area contributed by atoms with Crippen LogP contribution in [0, 0.1) is 0 Å². The molecule has 60 heavy (non-hydrogen) atoms. The van der Waals surface area contributed by atoms with E-state index in [0.29, 0.717) is 13.2 Å². The number of rotatable bonds is 20. The van der Waals surface area contributed by atoms with Crippen molar-refractivity contribution in [3.8, 4) is 0 Å². The van der Waals surface area contributed by atoms with Gasteiger partial charge in [0.25, 0.3) is 8.32 Å². The lowest BCUT2D eigenvalue weighted by atomic mass is 10.0. The molecular weight excluding hydrogens is 829 g/mol. The van der Waals surface area contributed by atoms with E-state index in [0.717, 1.165) is 0 Å². The van der Waals surface area contributed by atoms with Gasteiger partial charge in [-0.2, -0.15) is 0 Å². The Morgan fingerprint density at radius 2 is 0.750 bits per heavy atom. The third kappa shape index (κ3) is 13.6. The van der Waals surface area contributed by atoms with Crippen LogP contribution in [0.3, 0.4) is 0 Å². The zero-order valence-corrected chi connectivity index (χ0v) is 48.1. The van der Waals surface area contributed by atoms with Gasteiger partial charge in [-0.25, -0.2) is 0 Å². The first-order valence-electron chi connectivity index (χ1n) is 22.4.